The van der Waals surface area contributed by atoms with Gasteiger partial charge in [0.25, 0.3) is 5.91 Å². The zero-order valence-corrected chi connectivity index (χ0v) is 16.1. The molecular formula is C18H18ClN3O6. The predicted molar refractivity (Wildman–Crippen MR) is 103 cm³/mol. The Balaban J connectivity index is 2.05. The van der Waals surface area contributed by atoms with E-state index in [1.54, 1.807) is 19.1 Å². The van der Waals surface area contributed by atoms with Gasteiger partial charge in [-0.25, -0.2) is 0 Å². The minimum atomic E-state index is -0.655. The first-order valence-electron chi connectivity index (χ1n) is 8.01. The van der Waals surface area contributed by atoms with Crippen LogP contribution in [0.25, 0.3) is 0 Å². The fourth-order valence-corrected chi connectivity index (χ4v) is 2.51. The molecule has 0 radical (unpaired) electrons. The smallest absolute Gasteiger partial charge is 0.311 e. The summed E-state index contributed by atoms with van der Waals surface area (Å²) in [5.41, 5.74) is 0.831. The quantitative estimate of drug-likeness (QED) is 0.537. The van der Waals surface area contributed by atoms with Gasteiger partial charge in [-0.1, -0.05) is 11.6 Å². The lowest BCUT2D eigenvalue weighted by atomic mass is 10.1. The van der Waals surface area contributed by atoms with Crippen molar-refractivity contribution in [1.29, 1.82) is 0 Å². The number of nitro groups is 1. The summed E-state index contributed by atoms with van der Waals surface area (Å²) in [6.45, 7) is 1.43. The number of nitrogens with one attached hydrogen (secondary N) is 2. The van der Waals surface area contributed by atoms with E-state index in [-0.39, 0.29) is 23.5 Å². The molecule has 0 bridgehead atoms. The summed E-state index contributed by atoms with van der Waals surface area (Å²) in [4.78, 5) is 34.7. The highest BCUT2D eigenvalue weighted by atomic mass is 35.5. The number of anilines is 1. The molecule has 2 N–H and O–H groups in total. The predicted octanol–water partition coefficient (Wildman–Crippen LogP) is 2.94. The number of hydrogen-bond donors (Lipinski definition) is 2. The van der Waals surface area contributed by atoms with Crippen LogP contribution in [0.2, 0.25) is 5.02 Å². The molecule has 2 aromatic rings. The molecule has 0 spiro atoms. The fourth-order valence-electron chi connectivity index (χ4n) is 2.36. The van der Waals surface area contributed by atoms with Gasteiger partial charge < -0.3 is 20.1 Å². The van der Waals surface area contributed by atoms with Crippen LogP contribution < -0.4 is 20.1 Å². The lowest BCUT2D eigenvalue weighted by Gasteiger charge is -2.12. The molecule has 2 aromatic carbocycles. The van der Waals surface area contributed by atoms with E-state index >= 15 is 0 Å². The van der Waals surface area contributed by atoms with Gasteiger partial charge in [0.1, 0.15) is 5.75 Å². The molecule has 28 heavy (non-hydrogen) atoms. The van der Waals surface area contributed by atoms with E-state index in [0.29, 0.717) is 16.5 Å². The third kappa shape index (κ3) is 4.89. The van der Waals surface area contributed by atoms with Crippen molar-refractivity contribution in [2.24, 2.45) is 0 Å². The molecule has 2 amide bonds. The van der Waals surface area contributed by atoms with E-state index in [1.165, 1.54) is 26.4 Å². The average molecular weight is 408 g/mol. The first-order chi connectivity index (χ1) is 13.3. The van der Waals surface area contributed by atoms with Gasteiger partial charge >= 0.3 is 5.69 Å². The van der Waals surface area contributed by atoms with Gasteiger partial charge in [0.15, 0.2) is 5.75 Å². The highest BCUT2D eigenvalue weighted by Gasteiger charge is 2.19. The number of benzene rings is 2. The maximum atomic E-state index is 12.2. The van der Waals surface area contributed by atoms with Gasteiger partial charge in [0.05, 0.1) is 31.4 Å². The molecule has 0 saturated heterocycles. The minimum absolute atomic E-state index is 0.0280. The number of nitro benzene ring substituents is 1. The van der Waals surface area contributed by atoms with Crippen molar-refractivity contribution in [3.05, 3.63) is 56.6 Å². The van der Waals surface area contributed by atoms with Crippen molar-refractivity contribution in [2.75, 3.05) is 26.1 Å². The van der Waals surface area contributed by atoms with Crippen molar-refractivity contribution in [2.45, 2.75) is 6.92 Å². The normalized spacial score (nSPS) is 10.1. The first kappa shape index (κ1) is 21.0. The maximum absolute atomic E-state index is 12.2. The second kappa shape index (κ2) is 9.05. The van der Waals surface area contributed by atoms with Crippen LogP contribution in [0.5, 0.6) is 11.5 Å². The van der Waals surface area contributed by atoms with E-state index in [1.807, 2.05) is 0 Å². The van der Waals surface area contributed by atoms with Crippen molar-refractivity contribution < 1.29 is 24.0 Å². The molecule has 0 saturated carbocycles. The van der Waals surface area contributed by atoms with Crippen LogP contribution in [0.4, 0.5) is 11.4 Å². The molecule has 0 heterocycles. The highest BCUT2D eigenvalue weighted by molar-refractivity contribution is 6.31. The molecule has 0 fully saturated rings. The van der Waals surface area contributed by atoms with Crippen LogP contribution in [-0.4, -0.2) is 37.5 Å². The summed E-state index contributed by atoms with van der Waals surface area (Å²) in [6.07, 6.45) is 0. The van der Waals surface area contributed by atoms with E-state index in [0.717, 1.165) is 11.6 Å². The lowest BCUT2D eigenvalue weighted by molar-refractivity contribution is -0.385. The van der Waals surface area contributed by atoms with Crippen molar-refractivity contribution in [3.8, 4) is 11.5 Å². The zero-order chi connectivity index (χ0) is 20.8. The minimum Gasteiger partial charge on any atom is -0.495 e. The van der Waals surface area contributed by atoms with Crippen LogP contribution in [0.3, 0.4) is 0 Å². The van der Waals surface area contributed by atoms with Crippen molar-refractivity contribution in [1.82, 2.24) is 5.32 Å². The van der Waals surface area contributed by atoms with Gasteiger partial charge in [0.2, 0.25) is 5.91 Å². The number of rotatable bonds is 7. The van der Waals surface area contributed by atoms with Gasteiger partial charge in [-0.2, -0.15) is 0 Å². The van der Waals surface area contributed by atoms with Gasteiger partial charge in [-0.15, -0.1) is 0 Å². The van der Waals surface area contributed by atoms with Crippen LogP contribution in [0.1, 0.15) is 15.9 Å². The average Bonchev–Trinajstić information content (AvgIpc) is 2.68. The van der Waals surface area contributed by atoms with Crippen molar-refractivity contribution in [3.63, 3.8) is 0 Å². The number of nitrogens with zero attached hydrogens (tertiary/aromatic N) is 1. The van der Waals surface area contributed by atoms with Crippen LogP contribution >= 0.6 is 11.6 Å². The van der Waals surface area contributed by atoms with Crippen LogP contribution in [0, 0.1) is 17.0 Å². The Kier molecular flexibility index (Phi) is 6.78. The van der Waals surface area contributed by atoms with Crippen molar-refractivity contribution >= 4 is 34.8 Å². The maximum Gasteiger partial charge on any atom is 0.311 e. The topological polar surface area (TPSA) is 120 Å². The van der Waals surface area contributed by atoms with Crippen LogP contribution in [0.15, 0.2) is 30.3 Å². The Hall–Kier alpha value is -3.33. The number of methoxy groups -OCH3 is 2. The summed E-state index contributed by atoms with van der Waals surface area (Å²) >= 11 is 6.02. The Morgan fingerprint density at radius 1 is 1.14 bits per heavy atom. The molecule has 148 valence electrons. The second-order valence-electron chi connectivity index (χ2n) is 5.68. The Labute approximate surface area is 165 Å². The standard InChI is InChI=1S/C18H18ClN3O6/c1-10-6-13(16(28-3)8-12(10)19)21-17(23)9-20-18(24)11-4-5-15(27-2)14(7-11)22(25)26/h4-8H,9H2,1-3H3,(H,20,24)(H,21,23). The Bertz CT molecular complexity index is 932. The summed E-state index contributed by atoms with van der Waals surface area (Å²) in [6, 6.07) is 6.98. The number of hydrogen-bond acceptors (Lipinski definition) is 6. The molecule has 9 nitrogen and oxygen atoms in total. The first-order valence-corrected chi connectivity index (χ1v) is 8.39. The summed E-state index contributed by atoms with van der Waals surface area (Å²) in [7, 11) is 2.73. The fraction of sp³-hybridized carbons (Fsp3) is 0.222. The van der Waals surface area contributed by atoms with Gasteiger partial charge in [0, 0.05) is 22.7 Å². The van der Waals surface area contributed by atoms with E-state index in [2.05, 4.69) is 10.6 Å². The van der Waals surface area contributed by atoms with E-state index in [4.69, 9.17) is 21.1 Å². The zero-order valence-electron chi connectivity index (χ0n) is 15.4. The third-order valence-corrected chi connectivity index (χ3v) is 4.21. The largest absolute Gasteiger partial charge is 0.495 e. The molecule has 0 aliphatic heterocycles. The van der Waals surface area contributed by atoms with E-state index < -0.39 is 16.7 Å². The number of carbonyl (C=O) groups excluding carboxylic acids is 2. The third-order valence-electron chi connectivity index (χ3n) is 3.80. The number of amides is 2. The molecule has 0 atom stereocenters. The summed E-state index contributed by atoms with van der Waals surface area (Å²) in [5, 5.41) is 16.6. The second-order valence-corrected chi connectivity index (χ2v) is 6.08. The molecule has 0 aliphatic rings. The monoisotopic (exact) mass is 407 g/mol. The molecular weight excluding hydrogens is 390 g/mol. The lowest BCUT2D eigenvalue weighted by Crippen LogP contribution is -2.33. The molecule has 0 aliphatic carbocycles. The number of carbonyl (C=O) groups is 2. The van der Waals surface area contributed by atoms with Crippen LogP contribution in [-0.2, 0) is 4.79 Å². The van der Waals surface area contributed by atoms with Gasteiger partial charge in [-0.3, -0.25) is 19.7 Å². The molecule has 0 aromatic heterocycles. The number of halogens is 1. The molecule has 2 rings (SSSR count). The van der Waals surface area contributed by atoms with E-state index in [9.17, 15) is 19.7 Å². The van der Waals surface area contributed by atoms with Gasteiger partial charge in [-0.05, 0) is 30.7 Å². The Morgan fingerprint density at radius 3 is 2.43 bits per heavy atom. The number of aryl methyl sites for hydroxylation is 1. The highest BCUT2D eigenvalue weighted by Crippen LogP contribution is 2.31. The Morgan fingerprint density at radius 2 is 1.82 bits per heavy atom. The number of ether oxygens (including phenoxy) is 2. The summed E-state index contributed by atoms with van der Waals surface area (Å²) in [5.74, 6) is -0.734. The molecule has 10 heteroatoms. The SMILES string of the molecule is COc1cc(Cl)c(C)cc1NC(=O)CNC(=O)c1ccc(OC)c([N+](=O)[O-])c1. The molecule has 0 unspecified atom stereocenters. The summed E-state index contributed by atoms with van der Waals surface area (Å²) < 4.78 is 10.1.